The van der Waals surface area contributed by atoms with Gasteiger partial charge in [0.2, 0.25) is 0 Å². The molecule has 0 radical (unpaired) electrons. The average molecular weight is 262 g/mol. The van der Waals surface area contributed by atoms with Crippen molar-refractivity contribution >= 4 is 22.1 Å². The molecule has 0 bridgehead atoms. The van der Waals surface area contributed by atoms with Crippen molar-refractivity contribution in [2.45, 2.75) is 0 Å². The Kier molecular flexibility index (Phi) is 2.20. The molecule has 0 aliphatic heterocycles. The zero-order valence-electron chi connectivity index (χ0n) is 10.4. The fourth-order valence-corrected chi connectivity index (χ4v) is 2.40. The molecule has 0 unspecified atom stereocenters. The van der Waals surface area contributed by atoms with Crippen molar-refractivity contribution in [2.24, 2.45) is 0 Å². The molecule has 0 aliphatic rings. The van der Waals surface area contributed by atoms with Crippen LogP contribution < -0.4 is 5.69 Å². The molecule has 0 aliphatic carbocycles. The highest BCUT2D eigenvalue weighted by atomic mass is 16.1. The van der Waals surface area contributed by atoms with Crippen molar-refractivity contribution in [3.05, 3.63) is 59.3 Å². The lowest BCUT2D eigenvalue weighted by molar-refractivity contribution is 1.21. The molecule has 0 fully saturated rings. The number of benzene rings is 1. The SMILES string of the molecule is O=c1[nH]c2cccc(-c3cnc4cccnc4c3)c2[nH]1. The normalized spacial score (nSPS) is 11.2. The first kappa shape index (κ1) is 10.9. The Bertz CT molecular complexity index is 984. The third-order valence-electron chi connectivity index (χ3n) is 3.31. The van der Waals surface area contributed by atoms with E-state index in [1.54, 1.807) is 12.4 Å². The van der Waals surface area contributed by atoms with E-state index in [1.165, 1.54) is 0 Å². The van der Waals surface area contributed by atoms with E-state index in [9.17, 15) is 4.79 Å². The highest BCUT2D eigenvalue weighted by molar-refractivity contribution is 5.93. The second-order valence-corrected chi connectivity index (χ2v) is 4.57. The van der Waals surface area contributed by atoms with Gasteiger partial charge in [-0.15, -0.1) is 0 Å². The second-order valence-electron chi connectivity index (χ2n) is 4.57. The van der Waals surface area contributed by atoms with Crippen LogP contribution in [-0.2, 0) is 0 Å². The van der Waals surface area contributed by atoms with Crippen LogP contribution in [0.4, 0.5) is 0 Å². The summed E-state index contributed by atoms with van der Waals surface area (Å²) in [6.07, 6.45) is 3.54. The maximum atomic E-state index is 11.4. The van der Waals surface area contributed by atoms with Crippen molar-refractivity contribution in [1.82, 2.24) is 19.9 Å². The molecule has 20 heavy (non-hydrogen) atoms. The van der Waals surface area contributed by atoms with Crippen LogP contribution in [0.25, 0.3) is 33.2 Å². The topological polar surface area (TPSA) is 74.4 Å². The first-order valence-electron chi connectivity index (χ1n) is 6.23. The van der Waals surface area contributed by atoms with E-state index in [4.69, 9.17) is 0 Å². The van der Waals surface area contributed by atoms with Gasteiger partial charge >= 0.3 is 5.69 Å². The number of aromatic amines is 2. The van der Waals surface area contributed by atoms with Crippen molar-refractivity contribution in [1.29, 1.82) is 0 Å². The van der Waals surface area contributed by atoms with Gasteiger partial charge in [-0.3, -0.25) is 9.97 Å². The number of hydrogen-bond donors (Lipinski definition) is 2. The van der Waals surface area contributed by atoms with Gasteiger partial charge in [0, 0.05) is 23.5 Å². The van der Waals surface area contributed by atoms with E-state index in [1.807, 2.05) is 36.4 Å². The molecule has 4 rings (SSSR count). The largest absolute Gasteiger partial charge is 0.323 e. The van der Waals surface area contributed by atoms with Gasteiger partial charge in [0.1, 0.15) is 0 Å². The molecule has 3 heterocycles. The molecule has 3 aromatic heterocycles. The van der Waals surface area contributed by atoms with Crippen molar-refractivity contribution in [2.75, 3.05) is 0 Å². The number of aromatic nitrogens is 4. The summed E-state index contributed by atoms with van der Waals surface area (Å²) in [5, 5.41) is 0. The van der Waals surface area contributed by atoms with Crippen LogP contribution >= 0.6 is 0 Å². The van der Waals surface area contributed by atoms with Gasteiger partial charge in [-0.1, -0.05) is 12.1 Å². The molecular weight excluding hydrogens is 252 g/mol. The minimum atomic E-state index is -0.209. The number of para-hydroxylation sites is 1. The number of H-pyrrole nitrogens is 2. The van der Waals surface area contributed by atoms with E-state index in [0.29, 0.717) is 0 Å². The van der Waals surface area contributed by atoms with Crippen LogP contribution in [0, 0.1) is 0 Å². The lowest BCUT2D eigenvalue weighted by Crippen LogP contribution is -1.99. The fourth-order valence-electron chi connectivity index (χ4n) is 2.40. The van der Waals surface area contributed by atoms with Gasteiger partial charge in [0.05, 0.1) is 22.1 Å². The molecule has 0 saturated heterocycles. The molecule has 1 aromatic carbocycles. The van der Waals surface area contributed by atoms with E-state index >= 15 is 0 Å². The predicted octanol–water partition coefficient (Wildman–Crippen LogP) is 2.47. The first-order chi connectivity index (χ1) is 9.81. The van der Waals surface area contributed by atoms with E-state index < -0.39 is 0 Å². The summed E-state index contributed by atoms with van der Waals surface area (Å²) in [5.41, 5.74) is 4.91. The van der Waals surface area contributed by atoms with Gasteiger partial charge in [-0.25, -0.2) is 4.79 Å². The first-order valence-corrected chi connectivity index (χ1v) is 6.23. The number of nitrogens with one attached hydrogen (secondary N) is 2. The standard InChI is InChI=1S/C15H10N4O/c20-15-18-12-4-1-3-10(14(12)19-15)9-7-13-11(17-8-9)5-2-6-16-13/h1-8H,(H2,18,19,20). The number of nitrogens with zero attached hydrogens (tertiary/aromatic N) is 2. The smallest absolute Gasteiger partial charge is 0.306 e. The lowest BCUT2D eigenvalue weighted by atomic mass is 10.1. The van der Waals surface area contributed by atoms with E-state index in [-0.39, 0.29) is 5.69 Å². The Morgan fingerprint density at radius 2 is 1.90 bits per heavy atom. The zero-order chi connectivity index (χ0) is 13.5. The molecule has 5 nitrogen and oxygen atoms in total. The van der Waals surface area contributed by atoms with E-state index in [0.717, 1.165) is 33.2 Å². The number of rotatable bonds is 1. The quantitative estimate of drug-likeness (QED) is 0.553. The Hall–Kier alpha value is -2.95. The number of pyridine rings is 2. The minimum absolute atomic E-state index is 0.209. The summed E-state index contributed by atoms with van der Waals surface area (Å²) in [7, 11) is 0. The van der Waals surface area contributed by atoms with Crippen LogP contribution in [0.3, 0.4) is 0 Å². The fraction of sp³-hybridized carbons (Fsp3) is 0. The van der Waals surface area contributed by atoms with Gasteiger partial charge in [0.15, 0.2) is 0 Å². The van der Waals surface area contributed by atoms with Crippen LogP contribution in [0.1, 0.15) is 0 Å². The van der Waals surface area contributed by atoms with Gasteiger partial charge in [-0.2, -0.15) is 0 Å². The van der Waals surface area contributed by atoms with Crippen LogP contribution in [0.5, 0.6) is 0 Å². The summed E-state index contributed by atoms with van der Waals surface area (Å²) < 4.78 is 0. The molecular formula is C15H10N4O. The molecule has 4 aromatic rings. The van der Waals surface area contributed by atoms with Crippen molar-refractivity contribution < 1.29 is 0 Å². The van der Waals surface area contributed by atoms with Crippen molar-refractivity contribution in [3.63, 3.8) is 0 Å². The van der Waals surface area contributed by atoms with Gasteiger partial charge in [0.25, 0.3) is 0 Å². The summed E-state index contributed by atoms with van der Waals surface area (Å²) in [6, 6.07) is 11.5. The highest BCUT2D eigenvalue weighted by Gasteiger charge is 2.08. The van der Waals surface area contributed by atoms with Gasteiger partial charge in [-0.05, 0) is 24.3 Å². The average Bonchev–Trinajstić information content (AvgIpc) is 2.86. The van der Waals surface area contributed by atoms with Crippen LogP contribution in [-0.4, -0.2) is 19.9 Å². The number of hydrogen-bond acceptors (Lipinski definition) is 3. The summed E-state index contributed by atoms with van der Waals surface area (Å²) in [5.74, 6) is 0. The monoisotopic (exact) mass is 262 g/mol. The molecule has 0 atom stereocenters. The Labute approximate surface area is 113 Å². The van der Waals surface area contributed by atoms with Crippen LogP contribution in [0.15, 0.2) is 53.6 Å². The predicted molar refractivity (Wildman–Crippen MR) is 77.5 cm³/mol. The maximum Gasteiger partial charge on any atom is 0.323 e. The Balaban J connectivity index is 2.03. The molecule has 0 saturated carbocycles. The zero-order valence-corrected chi connectivity index (χ0v) is 10.4. The minimum Gasteiger partial charge on any atom is -0.306 e. The number of fused-ring (bicyclic) bond motifs is 2. The van der Waals surface area contributed by atoms with Gasteiger partial charge < -0.3 is 9.97 Å². The third kappa shape index (κ3) is 1.60. The summed E-state index contributed by atoms with van der Waals surface area (Å²) in [6.45, 7) is 0. The second kappa shape index (κ2) is 4.03. The van der Waals surface area contributed by atoms with E-state index in [2.05, 4.69) is 19.9 Å². The molecule has 2 N–H and O–H groups in total. The lowest BCUT2D eigenvalue weighted by Gasteiger charge is -2.04. The molecule has 0 amide bonds. The molecule has 96 valence electrons. The Morgan fingerprint density at radius 3 is 2.85 bits per heavy atom. The van der Waals surface area contributed by atoms with Crippen molar-refractivity contribution in [3.8, 4) is 11.1 Å². The third-order valence-corrected chi connectivity index (χ3v) is 3.31. The highest BCUT2D eigenvalue weighted by Crippen LogP contribution is 2.26. The Morgan fingerprint density at radius 1 is 0.950 bits per heavy atom. The summed E-state index contributed by atoms with van der Waals surface area (Å²) >= 11 is 0. The molecule has 5 heteroatoms. The summed E-state index contributed by atoms with van der Waals surface area (Å²) in [4.78, 5) is 25.7. The molecule has 0 spiro atoms. The number of imidazole rings is 1. The maximum absolute atomic E-state index is 11.4. The van der Waals surface area contributed by atoms with Crippen LogP contribution in [0.2, 0.25) is 0 Å².